The van der Waals surface area contributed by atoms with E-state index in [1.807, 2.05) is 6.92 Å². The predicted molar refractivity (Wildman–Crippen MR) is 55.2 cm³/mol. The third-order valence-electron chi connectivity index (χ3n) is 2.09. The van der Waals surface area contributed by atoms with Crippen LogP contribution in [0.5, 0.6) is 0 Å². The summed E-state index contributed by atoms with van der Waals surface area (Å²) in [5.74, 6) is 0.807. The van der Waals surface area contributed by atoms with E-state index in [1.54, 1.807) is 23.2 Å². The molecule has 2 aromatic rings. The molecule has 0 N–H and O–H groups in total. The lowest BCUT2D eigenvalue weighted by Crippen LogP contribution is -2.08. The highest BCUT2D eigenvalue weighted by molar-refractivity contribution is 5.86. The zero-order valence-corrected chi connectivity index (χ0v) is 8.91. The fourth-order valence-electron chi connectivity index (χ4n) is 1.29. The minimum absolute atomic E-state index is 0.174. The van der Waals surface area contributed by atoms with Crippen molar-refractivity contribution in [3.05, 3.63) is 36.3 Å². The van der Waals surface area contributed by atoms with Gasteiger partial charge < -0.3 is 4.74 Å². The molecule has 16 heavy (non-hydrogen) atoms. The normalized spacial score (nSPS) is 10.1. The average Bonchev–Trinajstić information content (AvgIpc) is 2.74. The van der Waals surface area contributed by atoms with Gasteiger partial charge in [0.1, 0.15) is 5.82 Å². The number of hydrogen-bond donors (Lipinski definition) is 0. The molecule has 6 heteroatoms. The van der Waals surface area contributed by atoms with E-state index in [2.05, 4.69) is 19.7 Å². The molecule has 2 rings (SSSR count). The van der Waals surface area contributed by atoms with Crippen molar-refractivity contribution >= 4 is 5.97 Å². The highest BCUT2D eigenvalue weighted by atomic mass is 16.5. The molecule has 0 atom stereocenters. The Morgan fingerprint density at radius 3 is 2.88 bits per heavy atom. The maximum Gasteiger partial charge on any atom is 0.358 e. The number of aryl methyl sites for hydroxylation is 1. The predicted octanol–water partition coefficient (Wildman–Crippen LogP) is 0.757. The van der Waals surface area contributed by atoms with E-state index in [1.165, 1.54) is 13.3 Å². The van der Waals surface area contributed by atoms with Crippen molar-refractivity contribution in [1.29, 1.82) is 0 Å². The molecule has 0 fully saturated rings. The van der Waals surface area contributed by atoms with Crippen LogP contribution in [-0.4, -0.2) is 32.6 Å². The Bertz CT molecular complexity index is 521. The first kappa shape index (κ1) is 10.3. The van der Waals surface area contributed by atoms with Crippen LogP contribution in [0, 0.1) is 6.92 Å². The molecule has 0 aliphatic carbocycles. The number of carbonyl (C=O) groups excluding carboxylic acids is 1. The minimum Gasteiger partial charge on any atom is -0.464 e. The fourth-order valence-corrected chi connectivity index (χ4v) is 1.29. The molecule has 2 aromatic heterocycles. The number of rotatable bonds is 2. The molecule has 0 amide bonds. The van der Waals surface area contributed by atoms with Gasteiger partial charge in [-0.15, -0.1) is 0 Å². The highest BCUT2D eigenvalue weighted by Crippen LogP contribution is 2.06. The lowest BCUT2D eigenvalue weighted by Gasteiger charge is -2.04. The van der Waals surface area contributed by atoms with Crippen LogP contribution in [0.15, 0.2) is 24.8 Å². The van der Waals surface area contributed by atoms with Crippen molar-refractivity contribution in [3.8, 4) is 5.82 Å². The maximum absolute atomic E-state index is 11.3. The van der Waals surface area contributed by atoms with Gasteiger partial charge >= 0.3 is 5.97 Å². The summed E-state index contributed by atoms with van der Waals surface area (Å²) in [6.07, 6.45) is 6.32. The second-order valence-electron chi connectivity index (χ2n) is 3.10. The van der Waals surface area contributed by atoms with Crippen LogP contribution in [0.4, 0.5) is 0 Å². The molecule has 0 radical (unpaired) electrons. The van der Waals surface area contributed by atoms with Crippen molar-refractivity contribution in [2.75, 3.05) is 7.11 Å². The van der Waals surface area contributed by atoms with Crippen LogP contribution < -0.4 is 0 Å². The number of carbonyl (C=O) groups is 1. The van der Waals surface area contributed by atoms with Gasteiger partial charge in [0.15, 0.2) is 11.5 Å². The standard InChI is InChI=1S/C10H10N4O2/c1-7-12-3-4-14(7)9-6-11-5-8(13-9)10(15)16-2/h3-6H,1-2H3. The van der Waals surface area contributed by atoms with Gasteiger partial charge in [0, 0.05) is 12.4 Å². The van der Waals surface area contributed by atoms with E-state index in [9.17, 15) is 4.79 Å². The molecule has 0 unspecified atom stereocenters. The monoisotopic (exact) mass is 218 g/mol. The van der Waals surface area contributed by atoms with Gasteiger partial charge in [-0.2, -0.15) is 0 Å². The van der Waals surface area contributed by atoms with E-state index < -0.39 is 5.97 Å². The van der Waals surface area contributed by atoms with Crippen molar-refractivity contribution in [2.24, 2.45) is 0 Å². The highest BCUT2D eigenvalue weighted by Gasteiger charge is 2.10. The summed E-state index contributed by atoms with van der Waals surface area (Å²) < 4.78 is 6.31. The molecular formula is C10H10N4O2. The molecule has 0 aliphatic rings. The van der Waals surface area contributed by atoms with Gasteiger partial charge in [0.25, 0.3) is 0 Å². The zero-order chi connectivity index (χ0) is 11.5. The largest absolute Gasteiger partial charge is 0.464 e. The molecule has 6 nitrogen and oxygen atoms in total. The van der Waals surface area contributed by atoms with Crippen LogP contribution in [-0.2, 0) is 4.74 Å². The van der Waals surface area contributed by atoms with Gasteiger partial charge in [-0.3, -0.25) is 9.55 Å². The van der Waals surface area contributed by atoms with E-state index in [-0.39, 0.29) is 5.69 Å². The van der Waals surface area contributed by atoms with Crippen molar-refractivity contribution in [3.63, 3.8) is 0 Å². The molecule has 0 saturated heterocycles. The van der Waals surface area contributed by atoms with Gasteiger partial charge in [-0.25, -0.2) is 14.8 Å². The number of methoxy groups -OCH3 is 1. The van der Waals surface area contributed by atoms with Crippen LogP contribution in [0.25, 0.3) is 5.82 Å². The Morgan fingerprint density at radius 2 is 2.25 bits per heavy atom. The number of esters is 1. The smallest absolute Gasteiger partial charge is 0.358 e. The number of imidazole rings is 1. The number of nitrogens with zero attached hydrogens (tertiary/aromatic N) is 4. The SMILES string of the molecule is COC(=O)c1cncc(-n2ccnc2C)n1. The third-order valence-corrected chi connectivity index (χ3v) is 2.09. The van der Waals surface area contributed by atoms with E-state index >= 15 is 0 Å². The Kier molecular flexibility index (Phi) is 2.63. The fraction of sp³-hybridized carbons (Fsp3) is 0.200. The molecule has 2 heterocycles. The minimum atomic E-state index is -0.507. The summed E-state index contributed by atoms with van der Waals surface area (Å²) in [5.41, 5.74) is 0.174. The van der Waals surface area contributed by atoms with E-state index in [4.69, 9.17) is 0 Å². The third kappa shape index (κ3) is 1.77. The summed E-state index contributed by atoms with van der Waals surface area (Å²) >= 11 is 0. The summed E-state index contributed by atoms with van der Waals surface area (Å²) in [6.45, 7) is 1.84. The molecule has 82 valence electrons. The Hall–Kier alpha value is -2.24. The molecule has 0 aromatic carbocycles. The summed E-state index contributed by atoms with van der Waals surface area (Å²) in [5, 5.41) is 0. The van der Waals surface area contributed by atoms with Crippen LogP contribution in [0.1, 0.15) is 16.3 Å². The van der Waals surface area contributed by atoms with Crippen LogP contribution >= 0.6 is 0 Å². The van der Waals surface area contributed by atoms with Crippen LogP contribution in [0.2, 0.25) is 0 Å². The maximum atomic E-state index is 11.3. The van der Waals surface area contributed by atoms with Gasteiger partial charge in [-0.1, -0.05) is 0 Å². The van der Waals surface area contributed by atoms with E-state index in [0.29, 0.717) is 5.82 Å². The molecule has 0 bridgehead atoms. The van der Waals surface area contributed by atoms with Crippen molar-refractivity contribution < 1.29 is 9.53 Å². The first-order valence-corrected chi connectivity index (χ1v) is 4.63. The Labute approximate surface area is 91.9 Å². The van der Waals surface area contributed by atoms with Crippen molar-refractivity contribution in [1.82, 2.24) is 19.5 Å². The number of hydrogen-bond acceptors (Lipinski definition) is 5. The summed E-state index contributed by atoms with van der Waals surface area (Å²) in [6, 6.07) is 0. The van der Waals surface area contributed by atoms with E-state index in [0.717, 1.165) is 5.82 Å². The average molecular weight is 218 g/mol. The number of aromatic nitrogens is 4. The lowest BCUT2D eigenvalue weighted by atomic mass is 10.4. The molecule has 0 saturated carbocycles. The lowest BCUT2D eigenvalue weighted by molar-refractivity contribution is 0.0593. The topological polar surface area (TPSA) is 69.9 Å². The second-order valence-corrected chi connectivity index (χ2v) is 3.10. The Morgan fingerprint density at radius 1 is 1.44 bits per heavy atom. The molecular weight excluding hydrogens is 208 g/mol. The number of ether oxygens (including phenoxy) is 1. The quantitative estimate of drug-likeness (QED) is 0.696. The van der Waals surface area contributed by atoms with Crippen molar-refractivity contribution in [2.45, 2.75) is 6.92 Å². The van der Waals surface area contributed by atoms with Gasteiger partial charge in [0.05, 0.1) is 19.5 Å². The van der Waals surface area contributed by atoms with Gasteiger partial charge in [-0.05, 0) is 6.92 Å². The van der Waals surface area contributed by atoms with Crippen LogP contribution in [0.3, 0.4) is 0 Å². The second kappa shape index (κ2) is 4.09. The first-order chi connectivity index (χ1) is 7.72. The molecule has 0 aliphatic heterocycles. The summed E-state index contributed by atoms with van der Waals surface area (Å²) in [4.78, 5) is 23.4. The zero-order valence-electron chi connectivity index (χ0n) is 8.91. The summed E-state index contributed by atoms with van der Waals surface area (Å²) in [7, 11) is 1.30. The molecule has 0 spiro atoms. The van der Waals surface area contributed by atoms with Gasteiger partial charge in [0.2, 0.25) is 0 Å². The first-order valence-electron chi connectivity index (χ1n) is 4.63. The Balaban J connectivity index is 2.44.